The van der Waals surface area contributed by atoms with E-state index in [0.717, 1.165) is 4.47 Å². The Hall–Kier alpha value is -0.840. The lowest BCUT2D eigenvalue weighted by Gasteiger charge is -2.02. The molecule has 1 aromatic heterocycles. The van der Waals surface area contributed by atoms with Crippen LogP contribution in [0.25, 0.3) is 0 Å². The molecule has 1 amide bonds. The molecule has 0 aliphatic heterocycles. The number of nitrogens with zero attached hydrogens (tertiary/aromatic N) is 2. The zero-order chi connectivity index (χ0) is 9.68. The number of carbonyl (C=O) groups excluding carboxylic acids is 1. The topological polar surface area (TPSA) is 46.9 Å². The van der Waals surface area contributed by atoms with E-state index in [9.17, 15) is 4.79 Å². The average molecular weight is 246 g/mol. The Labute approximate surface area is 85.4 Å². The number of halogens is 1. The highest BCUT2D eigenvalue weighted by molar-refractivity contribution is 9.10. The maximum absolute atomic E-state index is 10.9. The van der Waals surface area contributed by atoms with Crippen LogP contribution in [0.3, 0.4) is 0 Å². The van der Waals surface area contributed by atoms with Gasteiger partial charge in [0.05, 0.1) is 17.2 Å². The first-order chi connectivity index (χ1) is 6.22. The lowest BCUT2D eigenvalue weighted by Crippen LogP contribution is -2.26. The van der Waals surface area contributed by atoms with Crippen molar-refractivity contribution in [2.45, 2.75) is 19.9 Å². The fraction of sp³-hybridized carbons (Fsp3) is 0.500. The van der Waals surface area contributed by atoms with Crippen molar-refractivity contribution in [2.75, 3.05) is 6.54 Å². The van der Waals surface area contributed by atoms with Crippen molar-refractivity contribution < 1.29 is 4.79 Å². The highest BCUT2D eigenvalue weighted by Gasteiger charge is 1.97. The number of hydrogen-bond acceptors (Lipinski definition) is 2. The zero-order valence-corrected chi connectivity index (χ0v) is 9.04. The molecule has 0 aliphatic rings. The largest absolute Gasteiger partial charge is 0.354 e. The summed E-state index contributed by atoms with van der Waals surface area (Å²) in [5.41, 5.74) is 0. The number of nitrogens with one attached hydrogen (secondary N) is 1. The molecule has 0 bridgehead atoms. The summed E-state index contributed by atoms with van der Waals surface area (Å²) in [6.07, 6.45) is 4.13. The summed E-state index contributed by atoms with van der Waals surface area (Å²) in [5.74, 6) is 0.0752. The molecule has 0 unspecified atom stereocenters. The summed E-state index contributed by atoms with van der Waals surface area (Å²) in [6, 6.07) is 0. The molecule has 13 heavy (non-hydrogen) atoms. The van der Waals surface area contributed by atoms with Crippen molar-refractivity contribution >= 4 is 21.8 Å². The fourth-order valence-corrected chi connectivity index (χ4v) is 1.22. The maximum atomic E-state index is 10.9. The van der Waals surface area contributed by atoms with Crippen LogP contribution in [0.2, 0.25) is 0 Å². The van der Waals surface area contributed by atoms with Crippen LogP contribution in [0.5, 0.6) is 0 Å². The molecular weight excluding hydrogens is 234 g/mol. The second kappa shape index (κ2) is 5.01. The summed E-state index contributed by atoms with van der Waals surface area (Å²) >= 11 is 3.30. The Morgan fingerprint density at radius 2 is 2.54 bits per heavy atom. The van der Waals surface area contributed by atoms with Crippen LogP contribution in [-0.2, 0) is 11.3 Å². The van der Waals surface area contributed by atoms with Crippen molar-refractivity contribution in [3.63, 3.8) is 0 Å². The minimum atomic E-state index is 0.0752. The standard InChI is InChI=1S/C8H12BrN3O/c1-2-8(13)10-3-4-12-6-7(9)5-11-12/h5-6H,2-4H2,1H3,(H,10,13). The highest BCUT2D eigenvalue weighted by Crippen LogP contribution is 2.05. The van der Waals surface area contributed by atoms with Gasteiger partial charge in [0.1, 0.15) is 0 Å². The van der Waals surface area contributed by atoms with Gasteiger partial charge < -0.3 is 5.32 Å². The third kappa shape index (κ3) is 3.59. The normalized spacial score (nSPS) is 10.0. The molecule has 0 radical (unpaired) electrons. The highest BCUT2D eigenvalue weighted by atomic mass is 79.9. The van der Waals surface area contributed by atoms with Crippen LogP contribution in [-0.4, -0.2) is 22.2 Å². The first-order valence-corrected chi connectivity index (χ1v) is 4.96. The van der Waals surface area contributed by atoms with Crippen molar-refractivity contribution in [1.29, 1.82) is 0 Å². The van der Waals surface area contributed by atoms with Crippen molar-refractivity contribution in [3.05, 3.63) is 16.9 Å². The van der Waals surface area contributed by atoms with Crippen molar-refractivity contribution in [3.8, 4) is 0 Å². The smallest absolute Gasteiger partial charge is 0.219 e. The maximum Gasteiger partial charge on any atom is 0.219 e. The monoisotopic (exact) mass is 245 g/mol. The molecule has 0 saturated carbocycles. The van der Waals surface area contributed by atoms with Crippen molar-refractivity contribution in [1.82, 2.24) is 15.1 Å². The molecule has 0 aromatic carbocycles. The van der Waals surface area contributed by atoms with Crippen LogP contribution in [0.1, 0.15) is 13.3 Å². The van der Waals surface area contributed by atoms with E-state index in [2.05, 4.69) is 26.3 Å². The predicted molar refractivity (Wildman–Crippen MR) is 53.2 cm³/mol. The molecule has 1 N–H and O–H groups in total. The van der Waals surface area contributed by atoms with Gasteiger partial charge in [0.25, 0.3) is 0 Å². The summed E-state index contributed by atoms with van der Waals surface area (Å²) in [5, 5.41) is 6.83. The van der Waals surface area contributed by atoms with E-state index >= 15 is 0 Å². The van der Waals surface area contributed by atoms with Crippen LogP contribution >= 0.6 is 15.9 Å². The van der Waals surface area contributed by atoms with E-state index in [1.165, 1.54) is 0 Å². The molecule has 5 heteroatoms. The van der Waals surface area contributed by atoms with E-state index in [0.29, 0.717) is 19.5 Å². The Bertz CT molecular complexity index is 285. The molecule has 0 saturated heterocycles. The van der Waals surface area contributed by atoms with Gasteiger partial charge in [-0.15, -0.1) is 0 Å². The molecule has 0 aliphatic carbocycles. The minimum Gasteiger partial charge on any atom is -0.354 e. The van der Waals surface area contributed by atoms with Gasteiger partial charge in [-0.1, -0.05) is 6.92 Å². The van der Waals surface area contributed by atoms with Gasteiger partial charge in [-0.25, -0.2) is 0 Å². The Balaban J connectivity index is 2.24. The molecule has 1 heterocycles. The quantitative estimate of drug-likeness (QED) is 0.866. The van der Waals surface area contributed by atoms with Gasteiger partial charge >= 0.3 is 0 Å². The SMILES string of the molecule is CCC(=O)NCCn1cc(Br)cn1. The zero-order valence-electron chi connectivity index (χ0n) is 7.46. The predicted octanol–water partition coefficient (Wildman–Crippen LogP) is 1.17. The number of carbonyl (C=O) groups is 1. The molecule has 1 aromatic rings. The fourth-order valence-electron chi connectivity index (χ4n) is 0.895. The van der Waals surface area contributed by atoms with E-state index in [1.54, 1.807) is 10.9 Å². The lowest BCUT2D eigenvalue weighted by molar-refractivity contribution is -0.120. The van der Waals surface area contributed by atoms with Crippen molar-refractivity contribution in [2.24, 2.45) is 0 Å². The Morgan fingerprint density at radius 3 is 3.08 bits per heavy atom. The minimum absolute atomic E-state index is 0.0752. The van der Waals surface area contributed by atoms with Gasteiger partial charge in [0.2, 0.25) is 5.91 Å². The molecular formula is C8H12BrN3O. The number of amides is 1. The Kier molecular flexibility index (Phi) is 3.95. The van der Waals surface area contributed by atoms with Gasteiger partial charge in [-0.3, -0.25) is 9.48 Å². The van der Waals surface area contributed by atoms with Crippen LogP contribution < -0.4 is 5.32 Å². The van der Waals surface area contributed by atoms with Crippen LogP contribution in [0.15, 0.2) is 16.9 Å². The molecule has 4 nitrogen and oxygen atoms in total. The number of hydrogen-bond donors (Lipinski definition) is 1. The van der Waals surface area contributed by atoms with E-state index < -0.39 is 0 Å². The second-order valence-electron chi connectivity index (χ2n) is 2.63. The summed E-state index contributed by atoms with van der Waals surface area (Å²) in [6.45, 7) is 3.16. The van der Waals surface area contributed by atoms with Gasteiger partial charge in [0, 0.05) is 19.2 Å². The molecule has 72 valence electrons. The summed E-state index contributed by atoms with van der Waals surface area (Å²) in [7, 11) is 0. The molecule has 0 fully saturated rings. The summed E-state index contributed by atoms with van der Waals surface area (Å²) < 4.78 is 2.73. The van der Waals surface area contributed by atoms with E-state index in [1.807, 2.05) is 13.1 Å². The second-order valence-corrected chi connectivity index (χ2v) is 3.54. The average Bonchev–Trinajstić information content (AvgIpc) is 2.51. The van der Waals surface area contributed by atoms with Gasteiger partial charge in [-0.2, -0.15) is 5.10 Å². The van der Waals surface area contributed by atoms with Gasteiger partial charge in [0.15, 0.2) is 0 Å². The number of rotatable bonds is 4. The first-order valence-electron chi connectivity index (χ1n) is 4.17. The first kappa shape index (κ1) is 10.2. The Morgan fingerprint density at radius 1 is 1.77 bits per heavy atom. The van der Waals surface area contributed by atoms with Crippen LogP contribution in [0, 0.1) is 0 Å². The lowest BCUT2D eigenvalue weighted by atomic mass is 10.4. The third-order valence-electron chi connectivity index (χ3n) is 1.59. The molecule has 0 spiro atoms. The van der Waals surface area contributed by atoms with Crippen LogP contribution in [0.4, 0.5) is 0 Å². The summed E-state index contributed by atoms with van der Waals surface area (Å²) in [4.78, 5) is 10.9. The third-order valence-corrected chi connectivity index (χ3v) is 2.00. The molecule has 0 atom stereocenters. The molecule has 1 rings (SSSR count). The van der Waals surface area contributed by atoms with Gasteiger partial charge in [-0.05, 0) is 15.9 Å². The van der Waals surface area contributed by atoms with E-state index in [4.69, 9.17) is 0 Å². The number of aromatic nitrogens is 2. The van der Waals surface area contributed by atoms with E-state index in [-0.39, 0.29) is 5.91 Å².